The standard InChI is InChI=1S/C18H19N3O5S/c1-2-24-13-5-7-14(8-6-13)25-10-9-19-16(22)12-21-18(23)26-17(20-21)15-4-3-11-27-15/h3-8,11H,2,9-10,12H2,1H3,(H,19,22). The zero-order valence-electron chi connectivity index (χ0n) is 14.7. The van der Waals surface area contributed by atoms with Gasteiger partial charge in [0.15, 0.2) is 0 Å². The van der Waals surface area contributed by atoms with Gasteiger partial charge in [0, 0.05) is 0 Å². The van der Waals surface area contributed by atoms with E-state index < -0.39 is 5.76 Å². The van der Waals surface area contributed by atoms with Gasteiger partial charge in [-0.2, -0.15) is 4.68 Å². The minimum Gasteiger partial charge on any atom is -0.494 e. The minimum atomic E-state index is -0.667. The quantitative estimate of drug-likeness (QED) is 0.564. The minimum absolute atomic E-state index is 0.210. The molecule has 0 unspecified atom stereocenters. The molecule has 0 saturated carbocycles. The highest BCUT2D eigenvalue weighted by Gasteiger charge is 2.13. The first-order valence-corrected chi connectivity index (χ1v) is 9.28. The summed E-state index contributed by atoms with van der Waals surface area (Å²) >= 11 is 1.40. The van der Waals surface area contributed by atoms with E-state index in [1.807, 2.05) is 30.5 Å². The summed E-state index contributed by atoms with van der Waals surface area (Å²) in [6, 6.07) is 10.9. The molecular formula is C18H19N3O5S. The highest BCUT2D eigenvalue weighted by Crippen LogP contribution is 2.21. The van der Waals surface area contributed by atoms with Gasteiger partial charge in [0.1, 0.15) is 24.7 Å². The Morgan fingerprint density at radius 1 is 1.22 bits per heavy atom. The number of hydrogen-bond acceptors (Lipinski definition) is 7. The number of amides is 1. The van der Waals surface area contributed by atoms with E-state index in [4.69, 9.17) is 13.9 Å². The molecule has 0 radical (unpaired) electrons. The number of carbonyl (C=O) groups excluding carboxylic acids is 1. The average Bonchev–Trinajstić information content (AvgIpc) is 3.31. The SMILES string of the molecule is CCOc1ccc(OCCNC(=O)Cn2nc(-c3cccs3)oc2=O)cc1. The van der Waals surface area contributed by atoms with Gasteiger partial charge in [-0.3, -0.25) is 4.79 Å². The summed E-state index contributed by atoms with van der Waals surface area (Å²) in [5, 5.41) is 8.56. The third-order valence-corrected chi connectivity index (χ3v) is 4.32. The Morgan fingerprint density at radius 2 is 1.96 bits per heavy atom. The number of thiophene rings is 1. The number of aromatic nitrogens is 2. The molecule has 9 heteroatoms. The monoisotopic (exact) mass is 389 g/mol. The topological polar surface area (TPSA) is 95.6 Å². The van der Waals surface area contributed by atoms with Crippen LogP contribution in [0.2, 0.25) is 0 Å². The fraction of sp³-hybridized carbons (Fsp3) is 0.278. The van der Waals surface area contributed by atoms with Gasteiger partial charge >= 0.3 is 5.76 Å². The fourth-order valence-electron chi connectivity index (χ4n) is 2.26. The molecule has 3 aromatic rings. The normalized spacial score (nSPS) is 10.6. The fourth-order valence-corrected chi connectivity index (χ4v) is 2.90. The Hall–Kier alpha value is -3.07. The molecule has 0 fully saturated rings. The van der Waals surface area contributed by atoms with Crippen LogP contribution in [0.15, 0.2) is 51.0 Å². The molecular weight excluding hydrogens is 370 g/mol. The molecule has 0 aliphatic heterocycles. The maximum Gasteiger partial charge on any atom is 0.437 e. The maximum absolute atomic E-state index is 12.0. The number of hydrogen-bond donors (Lipinski definition) is 1. The third-order valence-electron chi connectivity index (χ3n) is 3.46. The first-order valence-electron chi connectivity index (χ1n) is 8.40. The Kier molecular flexibility index (Phi) is 6.26. The number of nitrogens with zero attached hydrogens (tertiary/aromatic N) is 2. The molecule has 142 valence electrons. The highest BCUT2D eigenvalue weighted by atomic mass is 32.1. The zero-order valence-corrected chi connectivity index (χ0v) is 15.5. The van der Waals surface area contributed by atoms with Crippen molar-refractivity contribution in [1.82, 2.24) is 15.1 Å². The van der Waals surface area contributed by atoms with Crippen LogP contribution in [-0.2, 0) is 11.3 Å². The van der Waals surface area contributed by atoms with Crippen LogP contribution in [0.25, 0.3) is 10.8 Å². The van der Waals surface area contributed by atoms with Gasteiger partial charge in [-0.1, -0.05) is 6.07 Å². The molecule has 27 heavy (non-hydrogen) atoms. The van der Waals surface area contributed by atoms with Gasteiger partial charge in [-0.15, -0.1) is 16.4 Å². The van der Waals surface area contributed by atoms with Crippen molar-refractivity contribution in [3.8, 4) is 22.3 Å². The van der Waals surface area contributed by atoms with Crippen molar-refractivity contribution in [2.45, 2.75) is 13.5 Å². The van der Waals surface area contributed by atoms with E-state index >= 15 is 0 Å². The van der Waals surface area contributed by atoms with Crippen molar-refractivity contribution in [1.29, 1.82) is 0 Å². The van der Waals surface area contributed by atoms with E-state index in [9.17, 15) is 9.59 Å². The molecule has 0 saturated heterocycles. The molecule has 0 aliphatic carbocycles. The zero-order chi connectivity index (χ0) is 19.1. The first-order chi connectivity index (χ1) is 13.2. The Morgan fingerprint density at radius 3 is 2.63 bits per heavy atom. The van der Waals surface area contributed by atoms with Gasteiger partial charge in [-0.25, -0.2) is 4.79 Å². The van der Waals surface area contributed by atoms with Gasteiger partial charge in [0.05, 0.1) is 18.0 Å². The van der Waals surface area contributed by atoms with Crippen LogP contribution in [0.5, 0.6) is 11.5 Å². The summed E-state index contributed by atoms with van der Waals surface area (Å²) in [6.45, 7) is 2.92. The third kappa shape index (κ3) is 5.20. The molecule has 1 N–H and O–H groups in total. The highest BCUT2D eigenvalue weighted by molar-refractivity contribution is 7.13. The summed E-state index contributed by atoms with van der Waals surface area (Å²) in [5.41, 5.74) is 0. The number of carbonyl (C=O) groups is 1. The van der Waals surface area contributed by atoms with Gasteiger partial charge in [0.25, 0.3) is 5.89 Å². The summed E-state index contributed by atoms with van der Waals surface area (Å²) in [6.07, 6.45) is 0. The molecule has 0 atom stereocenters. The molecule has 0 aliphatic rings. The second kappa shape index (κ2) is 9.04. The van der Waals surface area contributed by atoms with Crippen molar-refractivity contribution < 1.29 is 18.7 Å². The van der Waals surface area contributed by atoms with Crippen LogP contribution < -0.4 is 20.5 Å². The van der Waals surface area contributed by atoms with E-state index in [1.165, 1.54) is 11.3 Å². The summed E-state index contributed by atoms with van der Waals surface area (Å²) < 4.78 is 17.0. The van der Waals surface area contributed by atoms with Crippen LogP contribution >= 0.6 is 11.3 Å². The Labute approximate surface area is 159 Å². The molecule has 0 spiro atoms. The second-order valence-electron chi connectivity index (χ2n) is 5.41. The second-order valence-corrected chi connectivity index (χ2v) is 6.36. The number of benzene rings is 1. The lowest BCUT2D eigenvalue weighted by atomic mass is 10.3. The van der Waals surface area contributed by atoms with E-state index in [-0.39, 0.29) is 18.3 Å². The van der Waals surface area contributed by atoms with Crippen LogP contribution in [0, 0.1) is 0 Å². The van der Waals surface area contributed by atoms with Crippen LogP contribution in [0.4, 0.5) is 0 Å². The Bertz CT molecular complexity index is 915. The van der Waals surface area contributed by atoms with Crippen LogP contribution in [0.1, 0.15) is 6.92 Å². The lowest BCUT2D eigenvalue weighted by Gasteiger charge is -2.08. The van der Waals surface area contributed by atoms with E-state index in [1.54, 1.807) is 18.2 Å². The molecule has 2 aromatic heterocycles. The Balaban J connectivity index is 1.43. The number of ether oxygens (including phenoxy) is 2. The largest absolute Gasteiger partial charge is 0.494 e. The van der Waals surface area contributed by atoms with Gasteiger partial charge < -0.3 is 19.2 Å². The molecule has 2 heterocycles. The van der Waals surface area contributed by atoms with Crippen molar-refractivity contribution in [3.05, 3.63) is 52.3 Å². The van der Waals surface area contributed by atoms with E-state index in [0.29, 0.717) is 25.5 Å². The lowest BCUT2D eigenvalue weighted by Crippen LogP contribution is -2.33. The van der Waals surface area contributed by atoms with Crippen LogP contribution in [0.3, 0.4) is 0 Å². The summed E-state index contributed by atoms with van der Waals surface area (Å²) in [5.74, 6) is 0.651. The predicted octanol–water partition coefficient (Wildman–Crippen LogP) is 2.16. The van der Waals surface area contributed by atoms with Gasteiger partial charge in [-0.05, 0) is 42.6 Å². The van der Waals surface area contributed by atoms with Gasteiger partial charge in [0.2, 0.25) is 5.91 Å². The molecule has 1 aromatic carbocycles. The van der Waals surface area contributed by atoms with E-state index in [2.05, 4.69) is 10.4 Å². The lowest BCUT2D eigenvalue weighted by molar-refractivity contribution is -0.122. The smallest absolute Gasteiger partial charge is 0.437 e. The van der Waals surface area contributed by atoms with Crippen molar-refractivity contribution >= 4 is 17.2 Å². The molecule has 0 bridgehead atoms. The number of nitrogens with one attached hydrogen (secondary N) is 1. The summed E-state index contributed by atoms with van der Waals surface area (Å²) in [7, 11) is 0. The first kappa shape index (κ1) is 18.7. The predicted molar refractivity (Wildman–Crippen MR) is 100 cm³/mol. The van der Waals surface area contributed by atoms with E-state index in [0.717, 1.165) is 15.3 Å². The summed E-state index contributed by atoms with van der Waals surface area (Å²) in [4.78, 5) is 24.5. The van der Waals surface area contributed by atoms with Crippen molar-refractivity contribution in [2.75, 3.05) is 19.8 Å². The molecule has 3 rings (SSSR count). The average molecular weight is 389 g/mol. The number of rotatable bonds is 9. The van der Waals surface area contributed by atoms with Crippen molar-refractivity contribution in [2.24, 2.45) is 0 Å². The van der Waals surface area contributed by atoms with Crippen molar-refractivity contribution in [3.63, 3.8) is 0 Å². The maximum atomic E-state index is 12.0. The molecule has 1 amide bonds. The molecule has 8 nitrogen and oxygen atoms in total. The van der Waals surface area contributed by atoms with Crippen LogP contribution in [-0.4, -0.2) is 35.4 Å².